The summed E-state index contributed by atoms with van der Waals surface area (Å²) in [5.41, 5.74) is 0. The van der Waals surface area contributed by atoms with Gasteiger partial charge < -0.3 is 23.8 Å². The van der Waals surface area contributed by atoms with Gasteiger partial charge in [0.25, 0.3) is 0 Å². The maximum atomic E-state index is 11.0. The van der Waals surface area contributed by atoms with E-state index < -0.39 is 19.5 Å². The number of Topliss-reactive ketones (excluding diaryl/α,β-unsaturated/α-hetero) is 1. The fraction of sp³-hybridized carbons (Fsp3) is 0.889. The fourth-order valence-electron chi connectivity index (χ4n) is 1.26. The first-order valence-corrected chi connectivity index (χ1v) is 6.70. The maximum absolute atomic E-state index is 11.0. The second-order valence-electron chi connectivity index (χ2n) is 3.45. The molecule has 18 heavy (non-hydrogen) atoms. The summed E-state index contributed by atoms with van der Waals surface area (Å²) in [4.78, 5) is 31.6. The van der Waals surface area contributed by atoms with Crippen molar-refractivity contribution in [2.75, 3.05) is 20.4 Å². The first-order chi connectivity index (χ1) is 7.39. The first-order valence-electron chi connectivity index (χ1n) is 4.97. The second-order valence-corrected chi connectivity index (χ2v) is 4.99. The summed E-state index contributed by atoms with van der Waals surface area (Å²) in [7, 11) is -1.66. The molecule has 0 heterocycles. The number of ether oxygens (including phenoxy) is 2. The van der Waals surface area contributed by atoms with Gasteiger partial charge in [-0.25, -0.2) is 0 Å². The molecule has 0 saturated heterocycles. The third kappa shape index (κ3) is 15.8. The molecule has 0 N–H and O–H groups in total. The van der Waals surface area contributed by atoms with E-state index in [2.05, 4.69) is 0 Å². The van der Waals surface area contributed by atoms with Crippen LogP contribution in [0.15, 0.2) is 0 Å². The molecule has 0 amide bonds. The number of hydrogen-bond acceptors (Lipinski definition) is 6. The number of carbonyl (C=O) groups is 1. The Morgan fingerprint density at radius 1 is 1.17 bits per heavy atom. The van der Waals surface area contributed by atoms with Gasteiger partial charge in [-0.15, -0.1) is 0 Å². The molecular weight excluding hydrogens is 281 g/mol. The molecule has 0 rings (SSSR count). The van der Waals surface area contributed by atoms with Crippen LogP contribution in [0.5, 0.6) is 0 Å². The van der Waals surface area contributed by atoms with E-state index in [1.165, 1.54) is 14.2 Å². The molecule has 0 aromatic rings. The molecule has 0 atom stereocenters. The SMILES string of the molecule is COC(CCCCC(=O)CP(=O)([O-])[O-])OC.[Na+].[Na+]. The number of hydrogen-bond donors (Lipinski definition) is 0. The van der Waals surface area contributed by atoms with Crippen molar-refractivity contribution in [2.24, 2.45) is 0 Å². The van der Waals surface area contributed by atoms with Gasteiger partial charge in [-0.1, -0.05) is 7.60 Å². The van der Waals surface area contributed by atoms with E-state index in [-0.39, 0.29) is 71.8 Å². The molecule has 6 nitrogen and oxygen atoms in total. The van der Waals surface area contributed by atoms with E-state index in [4.69, 9.17) is 9.47 Å². The Hall–Kier alpha value is 1.74. The summed E-state index contributed by atoms with van der Waals surface area (Å²) >= 11 is 0. The van der Waals surface area contributed by atoms with Crippen molar-refractivity contribution in [3.63, 3.8) is 0 Å². The predicted molar refractivity (Wildman–Crippen MR) is 53.8 cm³/mol. The van der Waals surface area contributed by atoms with Crippen molar-refractivity contribution in [1.29, 1.82) is 0 Å². The van der Waals surface area contributed by atoms with Gasteiger partial charge in [-0.3, -0.25) is 4.79 Å². The Balaban J connectivity index is -0.00000112. The minimum Gasteiger partial charge on any atom is -0.810 e. The van der Waals surface area contributed by atoms with Crippen molar-refractivity contribution in [1.82, 2.24) is 0 Å². The smallest absolute Gasteiger partial charge is 0.810 e. The van der Waals surface area contributed by atoms with Crippen LogP contribution in [0.25, 0.3) is 0 Å². The van der Waals surface area contributed by atoms with Crippen LogP contribution >= 0.6 is 7.60 Å². The Labute approximate surface area is 152 Å². The Bertz CT molecular complexity index is 253. The molecule has 0 aromatic carbocycles. The van der Waals surface area contributed by atoms with Crippen LogP contribution in [0.3, 0.4) is 0 Å². The minimum absolute atomic E-state index is 0. The van der Waals surface area contributed by atoms with Crippen LogP contribution in [0.2, 0.25) is 0 Å². The molecule has 0 spiro atoms. The van der Waals surface area contributed by atoms with Gasteiger partial charge in [-0.2, -0.15) is 0 Å². The van der Waals surface area contributed by atoms with Gasteiger partial charge in [0.15, 0.2) is 6.29 Å². The molecule has 0 aliphatic heterocycles. The number of ketones is 1. The van der Waals surface area contributed by atoms with Crippen molar-refractivity contribution in [3.05, 3.63) is 0 Å². The van der Waals surface area contributed by atoms with E-state index >= 15 is 0 Å². The van der Waals surface area contributed by atoms with Gasteiger partial charge >= 0.3 is 59.1 Å². The molecular formula is C9H17Na2O6P. The molecule has 9 heteroatoms. The van der Waals surface area contributed by atoms with Gasteiger partial charge in [-0.05, 0) is 19.3 Å². The Morgan fingerprint density at radius 3 is 2.06 bits per heavy atom. The Morgan fingerprint density at radius 2 is 1.67 bits per heavy atom. The summed E-state index contributed by atoms with van der Waals surface area (Å²) < 4.78 is 20.2. The van der Waals surface area contributed by atoms with E-state index in [1.807, 2.05) is 0 Å². The van der Waals surface area contributed by atoms with Gasteiger partial charge in [0.2, 0.25) is 0 Å². The maximum Gasteiger partial charge on any atom is 1.00 e. The van der Waals surface area contributed by atoms with Crippen molar-refractivity contribution in [2.45, 2.75) is 32.0 Å². The second kappa shape index (κ2) is 13.7. The van der Waals surface area contributed by atoms with Gasteiger partial charge in [0, 0.05) is 26.8 Å². The monoisotopic (exact) mass is 298 g/mol. The topological polar surface area (TPSA) is 98.7 Å². The van der Waals surface area contributed by atoms with Crippen molar-refractivity contribution < 1.29 is 87.7 Å². The van der Waals surface area contributed by atoms with Crippen LogP contribution < -0.4 is 68.9 Å². The molecule has 0 radical (unpaired) electrons. The molecule has 0 aromatic heterocycles. The van der Waals surface area contributed by atoms with Crippen LogP contribution in [0.1, 0.15) is 25.7 Å². The van der Waals surface area contributed by atoms with E-state index in [9.17, 15) is 19.1 Å². The zero-order valence-electron chi connectivity index (χ0n) is 11.5. The largest absolute Gasteiger partial charge is 1.00 e. The quantitative estimate of drug-likeness (QED) is 0.182. The predicted octanol–water partition coefficient (Wildman–Crippen LogP) is -6.34. The van der Waals surface area contributed by atoms with E-state index in [1.54, 1.807) is 0 Å². The van der Waals surface area contributed by atoms with E-state index in [0.717, 1.165) is 0 Å². The molecule has 0 bridgehead atoms. The summed E-state index contributed by atoms with van der Waals surface area (Å²) in [6.07, 6.45) is 0.759. The molecule has 96 valence electrons. The summed E-state index contributed by atoms with van der Waals surface area (Å²) in [5.74, 6) is -0.528. The minimum atomic E-state index is -4.70. The first kappa shape index (κ1) is 24.7. The summed E-state index contributed by atoms with van der Waals surface area (Å²) in [6.45, 7) is 0. The van der Waals surface area contributed by atoms with Crippen molar-refractivity contribution in [3.8, 4) is 0 Å². The standard InChI is InChI=1S/C9H19O6P.2Na/c1-14-9(15-2)6-4-3-5-8(10)7-16(11,12)13;;/h9H,3-7H2,1-2H3,(H2,11,12,13);;/q;2*+1/p-2. The zero-order chi connectivity index (χ0) is 12.6. The summed E-state index contributed by atoms with van der Waals surface area (Å²) in [5, 5.41) is 0. The summed E-state index contributed by atoms with van der Waals surface area (Å²) in [6, 6.07) is 0. The average molecular weight is 298 g/mol. The van der Waals surface area contributed by atoms with Crippen LogP contribution in [-0.2, 0) is 18.8 Å². The molecule has 0 unspecified atom stereocenters. The number of unbranched alkanes of at least 4 members (excludes halogenated alkanes) is 1. The number of carbonyl (C=O) groups excluding carboxylic acids is 1. The number of rotatable bonds is 9. The van der Waals surface area contributed by atoms with Crippen LogP contribution in [0.4, 0.5) is 0 Å². The molecule has 0 aliphatic carbocycles. The van der Waals surface area contributed by atoms with Gasteiger partial charge in [0.1, 0.15) is 5.78 Å². The average Bonchev–Trinajstić information content (AvgIpc) is 2.15. The molecule has 0 saturated carbocycles. The third-order valence-corrected chi connectivity index (χ3v) is 2.78. The zero-order valence-corrected chi connectivity index (χ0v) is 16.4. The van der Waals surface area contributed by atoms with Gasteiger partial charge in [0.05, 0.1) is 0 Å². The van der Waals surface area contributed by atoms with Crippen LogP contribution in [-0.4, -0.2) is 32.5 Å². The van der Waals surface area contributed by atoms with E-state index in [0.29, 0.717) is 19.3 Å². The van der Waals surface area contributed by atoms with Crippen molar-refractivity contribution >= 4 is 13.4 Å². The number of methoxy groups -OCH3 is 2. The van der Waals surface area contributed by atoms with Crippen LogP contribution in [0, 0.1) is 0 Å². The third-order valence-electron chi connectivity index (χ3n) is 2.04. The fourth-order valence-corrected chi connectivity index (χ4v) is 1.85. The molecule has 0 aliphatic rings. The molecule has 0 fully saturated rings. The normalized spacial score (nSPS) is 10.7. The Kier molecular flexibility index (Phi) is 18.8.